The van der Waals surface area contributed by atoms with E-state index in [1.54, 1.807) is 6.07 Å². The number of hydrogen-bond acceptors (Lipinski definition) is 3. The number of nitrogens with zero attached hydrogens (tertiary/aromatic N) is 1. The van der Waals surface area contributed by atoms with Gasteiger partial charge >= 0.3 is 0 Å². The molecule has 2 aromatic rings. The van der Waals surface area contributed by atoms with E-state index in [0.717, 1.165) is 41.0 Å². The van der Waals surface area contributed by atoms with Crippen molar-refractivity contribution in [2.75, 3.05) is 26.2 Å². The lowest BCUT2D eigenvalue weighted by Gasteiger charge is -2.35. The van der Waals surface area contributed by atoms with Crippen LogP contribution in [0, 0.1) is 5.82 Å². The van der Waals surface area contributed by atoms with Crippen molar-refractivity contribution in [3.05, 3.63) is 55.9 Å². The Hall–Kier alpha value is -0.360. The average Bonchev–Trinajstić information content (AvgIpc) is 2.91. The van der Waals surface area contributed by atoms with E-state index in [1.165, 1.54) is 17.4 Å². The summed E-state index contributed by atoms with van der Waals surface area (Å²) in [6.45, 7) is 3.63. The van der Waals surface area contributed by atoms with E-state index in [2.05, 4.69) is 10.2 Å². The molecule has 0 bridgehead atoms. The number of halogens is 4. The van der Waals surface area contributed by atoms with E-state index >= 15 is 0 Å². The lowest BCUT2D eigenvalue weighted by molar-refractivity contribution is 0.200. The minimum atomic E-state index is -0.378. The van der Waals surface area contributed by atoms with Crippen LogP contribution in [0.25, 0.3) is 0 Å². The van der Waals surface area contributed by atoms with E-state index in [4.69, 9.17) is 23.2 Å². The summed E-state index contributed by atoms with van der Waals surface area (Å²) in [4.78, 5) is 3.41. The van der Waals surface area contributed by atoms with E-state index in [9.17, 15) is 4.39 Å². The third-order valence-electron chi connectivity index (χ3n) is 3.66. The first kappa shape index (κ1) is 18.0. The molecule has 1 N–H and O–H groups in total. The Bertz CT molecular complexity index is 629. The van der Waals surface area contributed by atoms with Crippen molar-refractivity contribution in [1.82, 2.24) is 10.2 Å². The molecule has 22 heavy (non-hydrogen) atoms. The molecule has 1 aliphatic heterocycles. The molecule has 1 atom stereocenters. The largest absolute Gasteiger partial charge is 0.314 e. The van der Waals surface area contributed by atoms with Gasteiger partial charge < -0.3 is 5.32 Å². The minimum absolute atomic E-state index is 0. The van der Waals surface area contributed by atoms with Crippen molar-refractivity contribution >= 4 is 46.9 Å². The van der Waals surface area contributed by atoms with Gasteiger partial charge in [-0.15, -0.1) is 23.7 Å². The fourth-order valence-electron chi connectivity index (χ4n) is 2.68. The molecule has 0 amide bonds. The van der Waals surface area contributed by atoms with E-state index in [0.29, 0.717) is 0 Å². The zero-order chi connectivity index (χ0) is 14.8. The number of nitrogens with one attached hydrogen (secondary N) is 1. The third-order valence-corrected chi connectivity index (χ3v) is 5.34. The highest BCUT2D eigenvalue weighted by Crippen LogP contribution is 2.38. The fourth-order valence-corrected chi connectivity index (χ4v) is 4.12. The van der Waals surface area contributed by atoms with Crippen LogP contribution in [-0.4, -0.2) is 31.1 Å². The van der Waals surface area contributed by atoms with E-state index in [1.807, 2.05) is 18.2 Å². The van der Waals surface area contributed by atoms with Crippen molar-refractivity contribution in [2.45, 2.75) is 6.04 Å². The molecular weight excluding hydrogens is 366 g/mol. The Kier molecular flexibility index (Phi) is 6.50. The molecule has 0 unspecified atom stereocenters. The van der Waals surface area contributed by atoms with Crippen molar-refractivity contribution < 1.29 is 4.39 Å². The summed E-state index contributed by atoms with van der Waals surface area (Å²) < 4.78 is 14.6. The molecule has 1 aromatic carbocycles. The van der Waals surface area contributed by atoms with Crippen LogP contribution in [0.2, 0.25) is 9.36 Å². The van der Waals surface area contributed by atoms with Crippen molar-refractivity contribution in [3.8, 4) is 0 Å². The molecule has 1 fully saturated rings. The summed E-state index contributed by atoms with van der Waals surface area (Å²) in [5.41, 5.74) is 0.803. The minimum Gasteiger partial charge on any atom is -0.314 e. The molecule has 0 radical (unpaired) electrons. The molecular formula is C15H16Cl3FN2S. The number of thiophene rings is 1. The highest BCUT2D eigenvalue weighted by Gasteiger charge is 2.27. The van der Waals surface area contributed by atoms with Gasteiger partial charge in [-0.05, 0) is 23.8 Å². The smallest absolute Gasteiger partial charge is 0.142 e. The summed E-state index contributed by atoms with van der Waals surface area (Å²) in [6.07, 6.45) is 0. The Morgan fingerprint density at radius 3 is 2.50 bits per heavy atom. The second-order valence-corrected chi connectivity index (χ2v) is 7.10. The first-order chi connectivity index (χ1) is 10.2. The lowest BCUT2D eigenvalue weighted by atomic mass is 10.0. The van der Waals surface area contributed by atoms with Crippen molar-refractivity contribution in [2.24, 2.45) is 0 Å². The molecule has 0 spiro atoms. The predicted octanol–water partition coefficient (Wildman–Crippen LogP) is 4.61. The molecule has 1 aromatic heterocycles. The van der Waals surface area contributed by atoms with Crippen molar-refractivity contribution in [1.29, 1.82) is 0 Å². The van der Waals surface area contributed by atoms with Gasteiger partial charge in [-0.3, -0.25) is 4.90 Å². The van der Waals surface area contributed by atoms with Gasteiger partial charge in [-0.2, -0.15) is 0 Å². The molecule has 3 rings (SSSR count). The summed E-state index contributed by atoms with van der Waals surface area (Å²) >= 11 is 13.8. The van der Waals surface area contributed by atoms with Crippen LogP contribution in [0.4, 0.5) is 4.39 Å². The maximum Gasteiger partial charge on any atom is 0.142 e. The molecule has 7 heteroatoms. The highest BCUT2D eigenvalue weighted by atomic mass is 35.5. The van der Waals surface area contributed by atoms with Crippen LogP contribution in [0.15, 0.2) is 30.3 Å². The molecule has 1 saturated heterocycles. The van der Waals surface area contributed by atoms with Gasteiger partial charge in [0.15, 0.2) is 0 Å². The predicted molar refractivity (Wildman–Crippen MR) is 94.3 cm³/mol. The first-order valence-corrected chi connectivity index (χ1v) is 8.38. The van der Waals surface area contributed by atoms with Gasteiger partial charge in [0.25, 0.3) is 0 Å². The number of rotatable bonds is 3. The Balaban J connectivity index is 0.00000176. The van der Waals surface area contributed by atoms with Crippen LogP contribution >= 0.6 is 46.9 Å². The molecule has 0 aliphatic carbocycles. The zero-order valence-electron chi connectivity index (χ0n) is 11.7. The number of benzene rings is 1. The molecule has 2 nitrogen and oxygen atoms in total. The Labute approximate surface area is 149 Å². The fraction of sp³-hybridized carbons (Fsp3) is 0.333. The topological polar surface area (TPSA) is 15.3 Å². The second kappa shape index (κ2) is 7.95. The quantitative estimate of drug-likeness (QED) is 0.835. The van der Waals surface area contributed by atoms with Gasteiger partial charge in [-0.1, -0.05) is 35.3 Å². The van der Waals surface area contributed by atoms with Gasteiger partial charge in [0.05, 0.1) is 15.4 Å². The SMILES string of the molecule is Cl.Fc1cccc([C@H](c2ccc(Cl)s2)N2CCNCC2)c1Cl. The van der Waals surface area contributed by atoms with Crippen molar-refractivity contribution in [3.63, 3.8) is 0 Å². The highest BCUT2D eigenvalue weighted by molar-refractivity contribution is 7.16. The van der Waals surface area contributed by atoms with Crippen LogP contribution in [0.3, 0.4) is 0 Å². The third kappa shape index (κ3) is 3.75. The number of hydrogen-bond donors (Lipinski definition) is 1. The molecule has 120 valence electrons. The number of piperazine rings is 1. The summed E-state index contributed by atoms with van der Waals surface area (Å²) in [7, 11) is 0. The van der Waals surface area contributed by atoms with Gasteiger partial charge in [0.2, 0.25) is 0 Å². The maximum absolute atomic E-state index is 13.8. The Morgan fingerprint density at radius 2 is 1.86 bits per heavy atom. The maximum atomic E-state index is 13.8. The Morgan fingerprint density at radius 1 is 1.14 bits per heavy atom. The van der Waals surface area contributed by atoms with Crippen LogP contribution < -0.4 is 5.32 Å². The summed E-state index contributed by atoms with van der Waals surface area (Å²) in [6, 6.07) is 8.83. The van der Waals surface area contributed by atoms with Gasteiger partial charge in [-0.25, -0.2) is 4.39 Å². The molecule has 1 aliphatic rings. The summed E-state index contributed by atoms with van der Waals surface area (Å²) in [5.74, 6) is -0.378. The monoisotopic (exact) mass is 380 g/mol. The molecule has 2 heterocycles. The second-order valence-electron chi connectivity index (χ2n) is 4.97. The van der Waals surface area contributed by atoms with E-state index in [-0.39, 0.29) is 29.3 Å². The summed E-state index contributed by atoms with van der Waals surface area (Å²) in [5, 5.41) is 3.53. The van der Waals surface area contributed by atoms with Crippen LogP contribution in [0.5, 0.6) is 0 Å². The zero-order valence-corrected chi connectivity index (χ0v) is 14.8. The lowest BCUT2D eigenvalue weighted by Crippen LogP contribution is -2.45. The normalized spacial score (nSPS) is 17.0. The average molecular weight is 382 g/mol. The first-order valence-electron chi connectivity index (χ1n) is 6.81. The molecule has 0 saturated carbocycles. The van der Waals surface area contributed by atoms with Gasteiger partial charge in [0.1, 0.15) is 5.82 Å². The van der Waals surface area contributed by atoms with E-state index < -0.39 is 0 Å². The van der Waals surface area contributed by atoms with Crippen LogP contribution in [-0.2, 0) is 0 Å². The van der Waals surface area contributed by atoms with Crippen LogP contribution in [0.1, 0.15) is 16.5 Å². The standard InChI is InChI=1S/C15H15Cl2FN2S.ClH/c16-13-5-4-12(21-13)15(20-8-6-19-7-9-20)10-2-1-3-11(18)14(10)17;/h1-5,15,19H,6-9H2;1H/t15-;/m1./s1. The van der Waals surface area contributed by atoms with Gasteiger partial charge in [0, 0.05) is 31.1 Å².